The van der Waals surface area contributed by atoms with Crippen LogP contribution in [0.1, 0.15) is 11.9 Å². The Labute approximate surface area is 162 Å². The summed E-state index contributed by atoms with van der Waals surface area (Å²) in [6.45, 7) is 2.58. The topological polar surface area (TPSA) is 67.2 Å². The maximum Gasteiger partial charge on any atom is 0.136 e. The van der Waals surface area contributed by atoms with Gasteiger partial charge in [-0.1, -0.05) is 12.1 Å². The lowest BCUT2D eigenvalue weighted by Gasteiger charge is -2.05. The van der Waals surface area contributed by atoms with E-state index in [4.69, 9.17) is 9.47 Å². The molecule has 0 fully saturated rings. The quantitative estimate of drug-likeness (QED) is 0.574. The van der Waals surface area contributed by atoms with Crippen LogP contribution in [0.3, 0.4) is 0 Å². The molecule has 0 saturated carbocycles. The molecule has 136 valence electrons. The highest BCUT2D eigenvalue weighted by atomic mass is 32.1. The lowest BCUT2D eigenvalue weighted by atomic mass is 10.1. The molecule has 0 aliphatic rings. The van der Waals surface area contributed by atoms with Crippen molar-refractivity contribution in [2.75, 3.05) is 19.0 Å². The van der Waals surface area contributed by atoms with E-state index in [1.54, 1.807) is 13.3 Å². The van der Waals surface area contributed by atoms with Gasteiger partial charge in [0.1, 0.15) is 28.1 Å². The van der Waals surface area contributed by atoms with Gasteiger partial charge in [0, 0.05) is 22.8 Å². The van der Waals surface area contributed by atoms with E-state index >= 15 is 0 Å². The molecule has 2 aromatic carbocycles. The second-order valence-electron chi connectivity index (χ2n) is 5.54. The van der Waals surface area contributed by atoms with Crippen molar-refractivity contribution in [2.24, 2.45) is 0 Å². The number of anilines is 1. The first-order valence-corrected chi connectivity index (χ1v) is 9.31. The Balaban J connectivity index is 1.76. The molecule has 27 heavy (non-hydrogen) atoms. The van der Waals surface area contributed by atoms with Gasteiger partial charge >= 0.3 is 0 Å². The molecular weight excluding hydrogens is 358 g/mol. The zero-order valence-electron chi connectivity index (χ0n) is 15.1. The molecule has 5 nitrogen and oxygen atoms in total. The summed E-state index contributed by atoms with van der Waals surface area (Å²) < 4.78 is 10.7. The Hall–Kier alpha value is -3.30. The van der Waals surface area contributed by atoms with Gasteiger partial charge in [-0.2, -0.15) is 5.26 Å². The first kappa shape index (κ1) is 18.5. The molecule has 0 atom stereocenters. The summed E-state index contributed by atoms with van der Waals surface area (Å²) >= 11 is 1.43. The van der Waals surface area contributed by atoms with Crippen LogP contribution in [0.2, 0.25) is 0 Å². The highest BCUT2D eigenvalue weighted by Gasteiger charge is 2.09. The third-order valence-corrected chi connectivity index (χ3v) is 4.64. The van der Waals surface area contributed by atoms with Crippen LogP contribution >= 0.6 is 11.3 Å². The number of nitriles is 1. The van der Waals surface area contributed by atoms with E-state index < -0.39 is 0 Å². The summed E-state index contributed by atoms with van der Waals surface area (Å²) in [7, 11) is 1.63. The van der Waals surface area contributed by atoms with Gasteiger partial charge in [-0.25, -0.2) is 4.98 Å². The number of nitrogens with zero attached hydrogens (tertiary/aromatic N) is 2. The molecular formula is C21H19N3O2S. The highest BCUT2D eigenvalue weighted by molar-refractivity contribution is 7.11. The van der Waals surface area contributed by atoms with Gasteiger partial charge in [0.05, 0.1) is 19.4 Å². The molecule has 1 heterocycles. The second kappa shape index (κ2) is 8.88. The van der Waals surface area contributed by atoms with Crippen LogP contribution < -0.4 is 14.8 Å². The number of methoxy groups -OCH3 is 1. The fraction of sp³-hybridized carbons (Fsp3) is 0.143. The highest BCUT2D eigenvalue weighted by Crippen LogP contribution is 2.28. The number of benzene rings is 2. The molecule has 3 rings (SSSR count). The summed E-state index contributed by atoms with van der Waals surface area (Å²) in [4.78, 5) is 4.59. The number of nitrogens with one attached hydrogen (secondary N) is 1. The molecule has 0 saturated heterocycles. The average molecular weight is 377 g/mol. The van der Waals surface area contributed by atoms with Crippen LogP contribution in [0.15, 0.2) is 60.1 Å². The van der Waals surface area contributed by atoms with Crippen LogP contribution in [-0.4, -0.2) is 18.7 Å². The van der Waals surface area contributed by atoms with Crippen molar-refractivity contribution in [2.45, 2.75) is 6.92 Å². The molecule has 1 aromatic heterocycles. The lowest BCUT2D eigenvalue weighted by Crippen LogP contribution is -1.93. The number of rotatable bonds is 7. The molecule has 0 aliphatic heterocycles. The van der Waals surface area contributed by atoms with E-state index in [0.29, 0.717) is 17.2 Å². The fourth-order valence-corrected chi connectivity index (χ4v) is 3.22. The molecule has 0 amide bonds. The minimum atomic E-state index is 0.475. The summed E-state index contributed by atoms with van der Waals surface area (Å²) in [5.74, 6) is 1.59. The van der Waals surface area contributed by atoms with E-state index in [-0.39, 0.29) is 0 Å². The van der Waals surface area contributed by atoms with Crippen LogP contribution in [0, 0.1) is 11.3 Å². The van der Waals surface area contributed by atoms with Crippen LogP contribution in [0.5, 0.6) is 11.5 Å². The second-order valence-corrected chi connectivity index (χ2v) is 6.40. The van der Waals surface area contributed by atoms with Crippen molar-refractivity contribution in [3.05, 3.63) is 65.1 Å². The third-order valence-electron chi connectivity index (χ3n) is 3.77. The largest absolute Gasteiger partial charge is 0.497 e. The molecule has 0 aliphatic carbocycles. The minimum absolute atomic E-state index is 0.475. The monoisotopic (exact) mass is 377 g/mol. The predicted octanol–water partition coefficient (Wildman–Crippen LogP) is 5.19. The first-order valence-electron chi connectivity index (χ1n) is 8.43. The zero-order valence-corrected chi connectivity index (χ0v) is 15.9. The lowest BCUT2D eigenvalue weighted by molar-refractivity contribution is 0.340. The Morgan fingerprint density at radius 1 is 1.22 bits per heavy atom. The van der Waals surface area contributed by atoms with Crippen molar-refractivity contribution in [1.82, 2.24) is 4.98 Å². The van der Waals surface area contributed by atoms with Crippen LogP contribution in [0.4, 0.5) is 5.69 Å². The predicted molar refractivity (Wildman–Crippen MR) is 109 cm³/mol. The van der Waals surface area contributed by atoms with Crippen LogP contribution in [0.25, 0.3) is 16.8 Å². The number of thiazole rings is 1. The maximum atomic E-state index is 9.50. The molecule has 0 unspecified atom stereocenters. The van der Waals surface area contributed by atoms with Gasteiger partial charge in [0.15, 0.2) is 0 Å². The first-order chi connectivity index (χ1) is 13.2. The smallest absolute Gasteiger partial charge is 0.136 e. The molecule has 0 radical (unpaired) electrons. The molecule has 3 aromatic rings. The molecule has 1 N–H and O–H groups in total. The van der Waals surface area contributed by atoms with Gasteiger partial charge in [0.25, 0.3) is 0 Å². The van der Waals surface area contributed by atoms with Gasteiger partial charge in [-0.15, -0.1) is 11.3 Å². The van der Waals surface area contributed by atoms with Gasteiger partial charge in [0.2, 0.25) is 0 Å². The number of allylic oxidation sites excluding steroid dienone is 1. The van der Waals surface area contributed by atoms with Gasteiger partial charge in [-0.3, -0.25) is 0 Å². The van der Waals surface area contributed by atoms with Crippen molar-refractivity contribution in [1.29, 1.82) is 5.26 Å². The minimum Gasteiger partial charge on any atom is -0.497 e. The average Bonchev–Trinajstić information content (AvgIpc) is 3.20. The van der Waals surface area contributed by atoms with E-state index in [9.17, 15) is 5.26 Å². The van der Waals surface area contributed by atoms with E-state index in [1.165, 1.54) is 11.3 Å². The maximum absolute atomic E-state index is 9.50. The number of hydrogen-bond donors (Lipinski definition) is 1. The van der Waals surface area contributed by atoms with Crippen molar-refractivity contribution in [3.63, 3.8) is 0 Å². The van der Waals surface area contributed by atoms with Crippen molar-refractivity contribution in [3.8, 4) is 28.8 Å². The van der Waals surface area contributed by atoms with E-state index in [2.05, 4.69) is 16.4 Å². The Bertz CT molecular complexity index is 972. The Kier molecular flexibility index (Phi) is 6.08. The van der Waals surface area contributed by atoms with E-state index in [1.807, 2.05) is 60.8 Å². The molecule has 0 spiro atoms. The van der Waals surface area contributed by atoms with Crippen molar-refractivity contribution >= 4 is 22.6 Å². The standard InChI is InChI=1S/C21H19N3O2S/c1-3-26-18-9-7-17(8-10-18)23-13-16(12-22)21-24-20(14-27-21)15-5-4-6-19(11-15)25-2/h4-11,13-14,23H,3H2,1-2H3/b16-13+. The summed E-state index contributed by atoms with van der Waals surface area (Å²) in [6, 6.07) is 17.5. The SMILES string of the molecule is CCOc1ccc(N/C=C(\C#N)c2nc(-c3cccc(OC)c3)cs2)cc1. The van der Waals surface area contributed by atoms with Gasteiger partial charge in [-0.05, 0) is 43.3 Å². The fourth-order valence-electron chi connectivity index (χ4n) is 2.42. The summed E-state index contributed by atoms with van der Waals surface area (Å²) in [6.07, 6.45) is 1.67. The normalized spacial score (nSPS) is 10.9. The summed E-state index contributed by atoms with van der Waals surface area (Å²) in [5.41, 5.74) is 3.11. The third kappa shape index (κ3) is 4.66. The number of hydrogen-bond acceptors (Lipinski definition) is 6. The Morgan fingerprint density at radius 2 is 2.04 bits per heavy atom. The Morgan fingerprint density at radius 3 is 2.74 bits per heavy atom. The van der Waals surface area contributed by atoms with E-state index in [0.717, 1.165) is 28.4 Å². The summed E-state index contributed by atoms with van der Waals surface area (Å²) in [5, 5.41) is 15.2. The molecule has 6 heteroatoms. The molecule has 0 bridgehead atoms. The zero-order chi connectivity index (χ0) is 19.1. The number of ether oxygens (including phenoxy) is 2. The number of aromatic nitrogens is 1. The van der Waals surface area contributed by atoms with Gasteiger partial charge < -0.3 is 14.8 Å². The van der Waals surface area contributed by atoms with Crippen molar-refractivity contribution < 1.29 is 9.47 Å². The van der Waals surface area contributed by atoms with Crippen LogP contribution in [-0.2, 0) is 0 Å².